The number of hydrogen-bond donors (Lipinski definition) is 4. The van der Waals surface area contributed by atoms with Crippen LogP contribution in [-0.4, -0.2) is 48.5 Å². The second kappa shape index (κ2) is 12.9. The molecule has 0 unspecified atom stereocenters. The first-order chi connectivity index (χ1) is 21.0. The molecule has 1 aliphatic heterocycles. The van der Waals surface area contributed by atoms with Crippen molar-refractivity contribution < 1.29 is 35.9 Å². The first-order valence-electron chi connectivity index (χ1n) is 13.6. The number of ether oxygens (including phenoxy) is 2. The van der Waals surface area contributed by atoms with E-state index in [4.69, 9.17) is 15.2 Å². The van der Waals surface area contributed by atoms with Gasteiger partial charge in [0.15, 0.2) is 5.82 Å². The van der Waals surface area contributed by atoms with Crippen LogP contribution >= 0.6 is 0 Å². The average molecular weight is 631 g/mol. The molecule has 11 nitrogen and oxygen atoms in total. The lowest BCUT2D eigenvalue weighted by molar-refractivity contribution is 0.0853. The number of hydrogen-bond acceptors (Lipinski definition) is 8. The fourth-order valence-corrected chi connectivity index (χ4v) is 5.42. The number of rotatable bonds is 11. The molecule has 0 spiro atoms. The summed E-state index contributed by atoms with van der Waals surface area (Å²) in [5.41, 5.74) is 7.46. The van der Waals surface area contributed by atoms with Crippen molar-refractivity contribution in [2.75, 3.05) is 23.3 Å². The smallest absolute Gasteiger partial charge is 0.355 e. The van der Waals surface area contributed by atoms with Crippen molar-refractivity contribution in [1.29, 1.82) is 0 Å². The Morgan fingerprint density at radius 3 is 2.52 bits per heavy atom. The third-order valence-electron chi connectivity index (χ3n) is 7.14. The highest BCUT2D eigenvalue weighted by atomic mass is 32.2. The Bertz CT molecular complexity index is 1740. The molecular weight excluding hydrogens is 601 g/mol. The van der Waals surface area contributed by atoms with E-state index < -0.39 is 33.6 Å². The van der Waals surface area contributed by atoms with Crippen molar-refractivity contribution in [3.05, 3.63) is 83.3 Å². The molecular formula is C29H29F3N6O5S. The molecule has 0 radical (unpaired) electrons. The molecule has 1 fully saturated rings. The van der Waals surface area contributed by atoms with Gasteiger partial charge >= 0.3 is 5.76 Å². The van der Waals surface area contributed by atoms with Gasteiger partial charge in [0.05, 0.1) is 11.4 Å². The number of pyridine rings is 1. The fourth-order valence-electron chi connectivity index (χ4n) is 4.85. The van der Waals surface area contributed by atoms with Gasteiger partial charge in [-0.2, -0.15) is 13.9 Å². The van der Waals surface area contributed by atoms with Crippen LogP contribution in [0.1, 0.15) is 53.3 Å². The summed E-state index contributed by atoms with van der Waals surface area (Å²) < 4.78 is 77.0. The van der Waals surface area contributed by atoms with Gasteiger partial charge in [0.25, 0.3) is 15.9 Å². The monoisotopic (exact) mass is 630 g/mol. The molecule has 0 bridgehead atoms. The maximum absolute atomic E-state index is 13.4. The molecule has 1 aliphatic rings. The van der Waals surface area contributed by atoms with Gasteiger partial charge in [0.2, 0.25) is 0 Å². The van der Waals surface area contributed by atoms with Crippen LogP contribution in [0.25, 0.3) is 11.3 Å². The van der Waals surface area contributed by atoms with Gasteiger partial charge in [-0.25, -0.2) is 17.8 Å². The van der Waals surface area contributed by atoms with E-state index in [2.05, 4.69) is 20.5 Å². The molecule has 15 heteroatoms. The zero-order valence-corrected chi connectivity index (χ0v) is 24.2. The summed E-state index contributed by atoms with van der Waals surface area (Å²) in [6.45, 7) is 2.95. The summed E-state index contributed by atoms with van der Waals surface area (Å²) >= 11 is 0. The molecule has 0 aliphatic carbocycles. The summed E-state index contributed by atoms with van der Waals surface area (Å²) in [7, 11) is -5.05. The summed E-state index contributed by atoms with van der Waals surface area (Å²) in [4.78, 5) is 17.0. The minimum absolute atomic E-state index is 0.0262. The van der Waals surface area contributed by atoms with Gasteiger partial charge < -0.3 is 20.5 Å². The molecule has 2 aromatic heterocycles. The SMILES string of the molecule is C[C@H](Oc1cc(-c2[nH]nc(Nc3cc(C4CCOCC4)ccn3)c2C(N)=O)ccc1NS(=O)(=O)C(F)F)c1ccc(F)cc1. The quantitative estimate of drug-likeness (QED) is 0.170. The van der Waals surface area contributed by atoms with Gasteiger partial charge in [-0.15, -0.1) is 0 Å². The molecule has 2 aromatic carbocycles. The van der Waals surface area contributed by atoms with Crippen molar-refractivity contribution in [2.45, 2.75) is 37.5 Å². The van der Waals surface area contributed by atoms with Crippen molar-refractivity contribution in [3.8, 4) is 17.0 Å². The number of nitrogens with one attached hydrogen (secondary N) is 3. The lowest BCUT2D eigenvalue weighted by Gasteiger charge is -2.22. The number of halogens is 3. The van der Waals surface area contributed by atoms with Gasteiger partial charge in [-0.1, -0.05) is 18.2 Å². The van der Waals surface area contributed by atoms with Crippen LogP contribution in [-0.2, 0) is 14.8 Å². The molecule has 1 atom stereocenters. The second-order valence-corrected chi connectivity index (χ2v) is 11.8. The lowest BCUT2D eigenvalue weighted by atomic mass is 9.92. The predicted molar refractivity (Wildman–Crippen MR) is 157 cm³/mol. The van der Waals surface area contributed by atoms with E-state index in [-0.39, 0.29) is 34.1 Å². The Kier molecular flexibility index (Phi) is 9.06. The average Bonchev–Trinajstić information content (AvgIpc) is 3.42. The number of alkyl halides is 2. The maximum atomic E-state index is 13.4. The summed E-state index contributed by atoms with van der Waals surface area (Å²) in [5.74, 6) is -4.32. The molecule has 5 N–H and O–H groups in total. The van der Waals surface area contributed by atoms with Crippen LogP contribution in [0.3, 0.4) is 0 Å². The second-order valence-electron chi connectivity index (χ2n) is 10.1. The largest absolute Gasteiger partial charge is 0.484 e. The topological polar surface area (TPSA) is 161 Å². The predicted octanol–water partition coefficient (Wildman–Crippen LogP) is 5.45. The molecule has 4 aromatic rings. The number of sulfonamides is 1. The third kappa shape index (κ3) is 6.94. The highest BCUT2D eigenvalue weighted by Gasteiger charge is 2.27. The molecule has 1 saturated heterocycles. The number of amides is 1. The summed E-state index contributed by atoms with van der Waals surface area (Å²) in [6, 6.07) is 13.1. The minimum Gasteiger partial charge on any atom is -0.484 e. The first kappa shape index (κ1) is 30.8. The van der Waals surface area contributed by atoms with Crippen LogP contribution < -0.4 is 20.5 Å². The van der Waals surface area contributed by atoms with E-state index in [0.29, 0.717) is 30.5 Å². The van der Waals surface area contributed by atoms with Crippen LogP contribution in [0, 0.1) is 5.82 Å². The number of nitrogens with two attached hydrogens (primary N) is 1. The molecule has 3 heterocycles. The number of primary amides is 1. The van der Waals surface area contributed by atoms with E-state index in [1.165, 1.54) is 42.5 Å². The van der Waals surface area contributed by atoms with Gasteiger partial charge in [-0.3, -0.25) is 14.6 Å². The number of H-pyrrole nitrogens is 1. The number of nitrogens with zero attached hydrogens (tertiary/aromatic N) is 2. The molecule has 232 valence electrons. The van der Waals surface area contributed by atoms with Crippen LogP contribution in [0.15, 0.2) is 60.8 Å². The summed E-state index contributed by atoms with van der Waals surface area (Å²) in [5, 5.41) is 10.0. The summed E-state index contributed by atoms with van der Waals surface area (Å²) in [6.07, 6.45) is 2.63. The molecule has 5 rings (SSSR count). The Morgan fingerprint density at radius 1 is 1.11 bits per heavy atom. The number of benzene rings is 2. The number of aromatic amines is 1. The van der Waals surface area contributed by atoms with Crippen LogP contribution in [0.2, 0.25) is 0 Å². The van der Waals surface area contributed by atoms with Gasteiger partial charge in [0.1, 0.15) is 29.1 Å². The number of carbonyl (C=O) groups is 1. The normalized spacial score (nSPS) is 14.8. The van der Waals surface area contributed by atoms with Gasteiger partial charge in [-0.05, 0) is 73.2 Å². The molecule has 0 saturated carbocycles. The number of aromatic nitrogens is 3. The van der Waals surface area contributed by atoms with Gasteiger partial charge in [0, 0.05) is 25.0 Å². The Balaban J connectivity index is 1.49. The van der Waals surface area contributed by atoms with E-state index in [1.54, 1.807) is 13.1 Å². The fraction of sp³-hybridized carbons (Fsp3) is 0.276. The van der Waals surface area contributed by atoms with E-state index >= 15 is 0 Å². The van der Waals surface area contributed by atoms with E-state index in [9.17, 15) is 26.4 Å². The maximum Gasteiger partial charge on any atom is 0.355 e. The Hall–Kier alpha value is -4.63. The van der Waals surface area contributed by atoms with Crippen molar-refractivity contribution >= 4 is 33.3 Å². The van der Waals surface area contributed by atoms with Crippen LogP contribution in [0.5, 0.6) is 5.75 Å². The number of carbonyl (C=O) groups excluding carboxylic acids is 1. The zero-order chi connectivity index (χ0) is 31.4. The Labute approximate surface area is 251 Å². The first-order valence-corrected chi connectivity index (χ1v) is 15.1. The van der Waals surface area contributed by atoms with Crippen molar-refractivity contribution in [1.82, 2.24) is 15.2 Å². The Morgan fingerprint density at radius 2 is 1.84 bits per heavy atom. The van der Waals surface area contributed by atoms with Crippen molar-refractivity contribution in [2.24, 2.45) is 5.73 Å². The highest BCUT2D eigenvalue weighted by Crippen LogP contribution is 2.37. The molecule has 44 heavy (non-hydrogen) atoms. The molecule has 1 amide bonds. The highest BCUT2D eigenvalue weighted by molar-refractivity contribution is 7.93. The van der Waals surface area contributed by atoms with E-state index in [0.717, 1.165) is 18.4 Å². The zero-order valence-electron chi connectivity index (χ0n) is 23.4. The van der Waals surface area contributed by atoms with Crippen LogP contribution in [0.4, 0.5) is 30.5 Å². The van der Waals surface area contributed by atoms with Crippen molar-refractivity contribution in [3.63, 3.8) is 0 Å². The number of anilines is 3. The minimum atomic E-state index is -5.05. The van der Waals surface area contributed by atoms with E-state index in [1.807, 2.05) is 16.9 Å². The lowest BCUT2D eigenvalue weighted by Crippen LogP contribution is -2.21. The third-order valence-corrected chi connectivity index (χ3v) is 8.11. The standard InChI is InChI=1S/C29H29F3N6O5S/c1-16(17-2-5-21(30)6-3-17)43-23-14-20(4-7-22(23)38-44(40,41)29(31)32)26-25(27(33)39)28(37-36-26)35-24-15-19(8-11-34-24)18-9-12-42-13-10-18/h2-8,11,14-16,18,29,38H,9-10,12-13H2,1H3,(H2,33,39)(H2,34,35,36,37)/t16-/m0/s1.